The highest BCUT2D eigenvalue weighted by molar-refractivity contribution is 5.72. The second-order valence-corrected chi connectivity index (χ2v) is 23.7. The summed E-state index contributed by atoms with van der Waals surface area (Å²) in [5.41, 5.74) is 2.33. The van der Waals surface area contributed by atoms with E-state index < -0.39 is 6.16 Å². The lowest BCUT2D eigenvalue weighted by Crippen LogP contribution is -2.51. The van der Waals surface area contributed by atoms with Crippen molar-refractivity contribution in [2.24, 2.45) is 52.3 Å². The molecular weight excluding hydrogens is 831 g/mol. The van der Waals surface area contributed by atoms with Gasteiger partial charge in [0.15, 0.2) is 0 Å². The number of carbonyl (C=O) groups is 2. The first kappa shape index (κ1) is 58.0. The first-order valence-electron chi connectivity index (χ1n) is 29.5. The Labute approximate surface area is 414 Å². The highest BCUT2D eigenvalue weighted by atomic mass is 16.7. The lowest BCUT2D eigenvalue weighted by Gasteiger charge is -2.58. The van der Waals surface area contributed by atoms with Crippen molar-refractivity contribution < 1.29 is 28.9 Å². The topological polar surface area (TPSA) is 85.3 Å². The Morgan fingerprint density at radius 1 is 0.657 bits per heavy atom. The number of hydrogen-bond donors (Lipinski definition) is 1. The lowest BCUT2D eigenvalue weighted by molar-refractivity contribution is -0.149. The second kappa shape index (κ2) is 32.4. The molecule has 0 amide bonds. The minimum Gasteiger partial charge on any atom is -0.465 e. The Bertz CT molecular complexity index is 1370. The summed E-state index contributed by atoms with van der Waals surface area (Å²) in [5.74, 6) is 5.15. The predicted octanol–water partition coefficient (Wildman–Crippen LogP) is 16.6. The minimum atomic E-state index is -0.477. The summed E-state index contributed by atoms with van der Waals surface area (Å²) in [7, 11) is 0. The van der Waals surface area contributed by atoms with Crippen molar-refractivity contribution in [2.45, 2.75) is 266 Å². The Kier molecular flexibility index (Phi) is 28.0. The second-order valence-electron chi connectivity index (χ2n) is 23.7. The Balaban J connectivity index is 1.07. The Hall–Kier alpha value is -1.60. The number of ether oxygens (including phenoxy) is 3. The third-order valence-corrected chi connectivity index (χ3v) is 18.3. The van der Waals surface area contributed by atoms with Crippen LogP contribution in [0.4, 0.5) is 4.79 Å². The quantitative estimate of drug-likeness (QED) is 0.0377. The highest BCUT2D eigenvalue weighted by Crippen LogP contribution is 2.67. The number of carbonyl (C=O) groups excluding carboxylic acids is 2. The lowest BCUT2D eigenvalue weighted by atomic mass is 9.47. The molecule has 67 heavy (non-hydrogen) atoms. The molecule has 4 aliphatic carbocycles. The molecule has 0 saturated heterocycles. The van der Waals surface area contributed by atoms with E-state index in [0.717, 1.165) is 164 Å². The number of aliphatic hydroxyl groups excluding tert-OH is 1. The first-order valence-corrected chi connectivity index (χ1v) is 29.5. The van der Waals surface area contributed by atoms with Gasteiger partial charge in [0.05, 0.1) is 19.1 Å². The molecule has 1 N–H and O–H groups in total. The third kappa shape index (κ3) is 19.5. The van der Waals surface area contributed by atoms with E-state index in [1.165, 1.54) is 103 Å². The summed E-state index contributed by atoms with van der Waals surface area (Å²) in [5, 5.41) is 9.39. The maximum Gasteiger partial charge on any atom is 0.508 e. The largest absolute Gasteiger partial charge is 0.508 e. The molecule has 0 heterocycles. The van der Waals surface area contributed by atoms with Crippen molar-refractivity contribution in [3.63, 3.8) is 0 Å². The van der Waals surface area contributed by atoms with E-state index in [0.29, 0.717) is 18.6 Å². The molecule has 0 spiro atoms. The zero-order valence-electron chi connectivity index (χ0n) is 45.2. The first-order chi connectivity index (χ1) is 32.5. The van der Waals surface area contributed by atoms with Crippen LogP contribution < -0.4 is 0 Å². The van der Waals surface area contributed by atoms with Gasteiger partial charge >= 0.3 is 12.1 Å². The molecule has 390 valence electrons. The molecule has 0 aromatic carbocycles. The third-order valence-electron chi connectivity index (χ3n) is 18.3. The Morgan fingerprint density at radius 3 is 1.91 bits per heavy atom. The maximum atomic E-state index is 13.0. The summed E-state index contributed by atoms with van der Waals surface area (Å²) in [4.78, 5) is 28.5. The average molecular weight is 941 g/mol. The van der Waals surface area contributed by atoms with Crippen molar-refractivity contribution in [2.75, 3.05) is 39.5 Å². The fraction of sp³-hybridized carbons (Fsp3) is 0.933. The Morgan fingerprint density at radius 2 is 1.25 bits per heavy atom. The van der Waals surface area contributed by atoms with Gasteiger partial charge in [-0.15, -0.1) is 0 Å². The van der Waals surface area contributed by atoms with Crippen LogP contribution in [-0.4, -0.2) is 67.7 Å². The van der Waals surface area contributed by atoms with Crippen LogP contribution in [0, 0.1) is 52.3 Å². The van der Waals surface area contributed by atoms with E-state index in [9.17, 15) is 14.7 Å². The van der Waals surface area contributed by atoms with Gasteiger partial charge in [0.2, 0.25) is 0 Å². The number of aliphatic hydroxyl groups is 1. The van der Waals surface area contributed by atoms with Crippen LogP contribution in [0.5, 0.6) is 0 Å². The van der Waals surface area contributed by atoms with Crippen LogP contribution in [0.2, 0.25) is 0 Å². The summed E-state index contributed by atoms with van der Waals surface area (Å²) < 4.78 is 17.5. The SMILES string of the molecule is CCCCCCCCC(CCCCCC)C(=O)OCCCCCCN(CCCCO)CCCCCCOC(=O)O[C@H]1CC[C@@]2(C)C(=CC[C@H]3[C@@H]4CC[C@H]([C@H](C)CCCC(C)C)[C@@]4(C)CC[C@@H]32)C1. The maximum absolute atomic E-state index is 13.0. The van der Waals surface area contributed by atoms with Gasteiger partial charge in [0.25, 0.3) is 0 Å². The monoisotopic (exact) mass is 940 g/mol. The van der Waals surface area contributed by atoms with Gasteiger partial charge in [-0.25, -0.2) is 4.79 Å². The molecule has 0 radical (unpaired) electrons. The number of unbranched alkanes of at least 4 members (excludes halogenated alkanes) is 15. The number of fused-ring (bicyclic) bond motifs is 5. The van der Waals surface area contributed by atoms with Gasteiger partial charge in [0.1, 0.15) is 6.10 Å². The van der Waals surface area contributed by atoms with E-state index in [-0.39, 0.29) is 30.0 Å². The molecule has 4 rings (SSSR count). The van der Waals surface area contributed by atoms with E-state index >= 15 is 0 Å². The molecule has 3 saturated carbocycles. The summed E-state index contributed by atoms with van der Waals surface area (Å²) in [6.45, 7) is 21.5. The zero-order valence-corrected chi connectivity index (χ0v) is 45.2. The van der Waals surface area contributed by atoms with Gasteiger partial charge in [-0.3, -0.25) is 4.79 Å². The molecule has 9 atom stereocenters. The minimum absolute atomic E-state index is 0.0501. The van der Waals surface area contributed by atoms with Crippen LogP contribution in [0.25, 0.3) is 0 Å². The van der Waals surface area contributed by atoms with Gasteiger partial charge in [0, 0.05) is 13.0 Å². The van der Waals surface area contributed by atoms with Crippen molar-refractivity contribution in [1.29, 1.82) is 0 Å². The van der Waals surface area contributed by atoms with Crippen molar-refractivity contribution in [3.8, 4) is 0 Å². The molecular formula is C60H109NO6. The fourth-order valence-corrected chi connectivity index (χ4v) is 14.1. The number of rotatable bonds is 37. The summed E-state index contributed by atoms with van der Waals surface area (Å²) >= 11 is 0. The number of allylic oxidation sites excluding steroid dienone is 1. The van der Waals surface area contributed by atoms with Crippen LogP contribution in [0.3, 0.4) is 0 Å². The highest BCUT2D eigenvalue weighted by Gasteiger charge is 2.59. The normalized spacial score (nSPS) is 26.7. The van der Waals surface area contributed by atoms with Gasteiger partial charge in [-0.1, -0.05) is 169 Å². The van der Waals surface area contributed by atoms with Crippen LogP contribution in [0.15, 0.2) is 11.6 Å². The smallest absolute Gasteiger partial charge is 0.465 e. The van der Waals surface area contributed by atoms with E-state index in [1.807, 2.05) is 0 Å². The van der Waals surface area contributed by atoms with E-state index in [1.54, 1.807) is 5.57 Å². The predicted molar refractivity (Wildman–Crippen MR) is 280 cm³/mol. The number of hydrogen-bond acceptors (Lipinski definition) is 7. The molecule has 3 fully saturated rings. The van der Waals surface area contributed by atoms with Crippen LogP contribution in [0.1, 0.15) is 260 Å². The molecule has 7 heteroatoms. The molecule has 0 aromatic heterocycles. The van der Waals surface area contributed by atoms with Gasteiger partial charge in [-0.05, 0) is 162 Å². The van der Waals surface area contributed by atoms with E-state index in [2.05, 4.69) is 59.4 Å². The zero-order chi connectivity index (χ0) is 48.3. The molecule has 0 bridgehead atoms. The number of nitrogens with zero attached hydrogens (tertiary/aromatic N) is 1. The molecule has 4 aliphatic rings. The van der Waals surface area contributed by atoms with Gasteiger partial charge in [-0.2, -0.15) is 0 Å². The fourth-order valence-electron chi connectivity index (χ4n) is 14.1. The standard InChI is InChI=1S/C60H109NO6/c1-8-10-12-14-15-21-32-50(31-20-13-11-9-2)57(63)65-45-26-18-16-22-41-61(43-24-25-44-62)42-23-17-19-27-46-66-58(64)67-52-37-39-59(6)51(47-52)33-34-53-55-36-35-54(49(5)30-28-29-48(3)4)60(55,7)40-38-56(53)59/h33,48-50,52-56,62H,8-32,34-47H2,1-7H3/t49-,50?,52+,53+,54-,55+,56+,59+,60-/m1/s1. The van der Waals surface area contributed by atoms with Gasteiger partial charge < -0.3 is 24.2 Å². The van der Waals surface area contributed by atoms with Crippen LogP contribution >= 0.6 is 0 Å². The molecule has 1 unspecified atom stereocenters. The molecule has 0 aliphatic heterocycles. The van der Waals surface area contributed by atoms with E-state index in [4.69, 9.17) is 14.2 Å². The van der Waals surface area contributed by atoms with Crippen molar-refractivity contribution in [1.82, 2.24) is 4.90 Å². The molecule has 7 nitrogen and oxygen atoms in total. The average Bonchev–Trinajstić information content (AvgIpc) is 3.67. The number of esters is 1. The van der Waals surface area contributed by atoms with Crippen molar-refractivity contribution >= 4 is 12.1 Å². The van der Waals surface area contributed by atoms with Crippen LogP contribution in [-0.2, 0) is 19.0 Å². The summed E-state index contributed by atoms with van der Waals surface area (Å²) in [6.07, 6.45) is 40.9. The summed E-state index contributed by atoms with van der Waals surface area (Å²) in [6, 6.07) is 0. The molecule has 0 aromatic rings. The van der Waals surface area contributed by atoms with Crippen molar-refractivity contribution in [3.05, 3.63) is 11.6 Å².